The molecule has 0 bridgehead atoms. The molecule has 0 aliphatic carbocycles. The van der Waals surface area contributed by atoms with Gasteiger partial charge in [0.15, 0.2) is 11.5 Å². The highest BCUT2D eigenvalue weighted by molar-refractivity contribution is 6.36. The number of carbonyl (C=O) groups is 1. The molecule has 0 radical (unpaired) electrons. The molecule has 25 heavy (non-hydrogen) atoms. The third kappa shape index (κ3) is 3.38. The van der Waals surface area contributed by atoms with Crippen molar-refractivity contribution in [2.75, 3.05) is 35.5 Å². The Morgan fingerprint density at radius 2 is 1.80 bits per heavy atom. The van der Waals surface area contributed by atoms with Gasteiger partial charge in [-0.25, -0.2) is 4.79 Å². The van der Waals surface area contributed by atoms with Crippen molar-refractivity contribution in [3.05, 3.63) is 28.5 Å². The standard InChI is InChI=1S/C17H21ClN2O5/c1-19-8-10-12(13(18)14(20-10)17(21)25-5)9-6-7-11(22-2)16(24-4)15(9)23-3/h6-7,19-20H,8H2,1-5H3. The first-order valence-electron chi connectivity index (χ1n) is 7.46. The lowest BCUT2D eigenvalue weighted by atomic mass is 10.0. The van der Waals surface area contributed by atoms with E-state index in [1.165, 1.54) is 21.3 Å². The fraction of sp³-hybridized carbons (Fsp3) is 0.353. The van der Waals surface area contributed by atoms with Gasteiger partial charge in [0, 0.05) is 23.4 Å². The Morgan fingerprint density at radius 1 is 1.12 bits per heavy atom. The number of hydrogen-bond acceptors (Lipinski definition) is 6. The van der Waals surface area contributed by atoms with Gasteiger partial charge < -0.3 is 29.2 Å². The highest BCUT2D eigenvalue weighted by Crippen LogP contribution is 2.47. The number of carbonyl (C=O) groups excluding carboxylic acids is 1. The highest BCUT2D eigenvalue weighted by Gasteiger charge is 2.26. The number of halogens is 1. The summed E-state index contributed by atoms with van der Waals surface area (Å²) >= 11 is 6.48. The average Bonchev–Trinajstić information content (AvgIpc) is 2.95. The van der Waals surface area contributed by atoms with E-state index >= 15 is 0 Å². The van der Waals surface area contributed by atoms with Crippen LogP contribution in [-0.2, 0) is 11.3 Å². The molecule has 0 amide bonds. The van der Waals surface area contributed by atoms with Crippen molar-refractivity contribution in [2.45, 2.75) is 6.54 Å². The van der Waals surface area contributed by atoms with Crippen molar-refractivity contribution in [3.8, 4) is 28.4 Å². The molecule has 0 saturated carbocycles. The Balaban J connectivity index is 2.77. The van der Waals surface area contributed by atoms with Crippen LogP contribution in [0.3, 0.4) is 0 Å². The number of aromatic amines is 1. The lowest BCUT2D eigenvalue weighted by Gasteiger charge is -2.16. The molecule has 0 unspecified atom stereocenters. The lowest BCUT2D eigenvalue weighted by molar-refractivity contribution is 0.0595. The van der Waals surface area contributed by atoms with Crippen molar-refractivity contribution in [1.82, 2.24) is 10.3 Å². The van der Waals surface area contributed by atoms with Gasteiger partial charge in [-0.1, -0.05) is 11.6 Å². The fourth-order valence-electron chi connectivity index (χ4n) is 2.66. The Labute approximate surface area is 151 Å². The van der Waals surface area contributed by atoms with Gasteiger partial charge in [-0.2, -0.15) is 0 Å². The van der Waals surface area contributed by atoms with E-state index in [1.54, 1.807) is 26.3 Å². The van der Waals surface area contributed by atoms with Crippen LogP contribution in [0.25, 0.3) is 11.1 Å². The third-order valence-electron chi connectivity index (χ3n) is 3.73. The molecule has 0 saturated heterocycles. The molecule has 1 aromatic heterocycles. The molecular formula is C17H21ClN2O5. The number of aromatic nitrogens is 1. The van der Waals surface area contributed by atoms with Crippen molar-refractivity contribution < 1.29 is 23.7 Å². The minimum Gasteiger partial charge on any atom is -0.493 e. The second kappa shape index (κ2) is 8.13. The Hall–Kier alpha value is -2.38. The second-order valence-corrected chi connectivity index (χ2v) is 5.45. The smallest absolute Gasteiger partial charge is 0.356 e. The number of H-pyrrole nitrogens is 1. The van der Waals surface area contributed by atoms with Crippen LogP contribution in [0.5, 0.6) is 17.2 Å². The topological polar surface area (TPSA) is 81.8 Å². The first kappa shape index (κ1) is 19.0. The summed E-state index contributed by atoms with van der Waals surface area (Å²) in [6, 6.07) is 3.55. The minimum absolute atomic E-state index is 0.182. The van der Waals surface area contributed by atoms with E-state index in [9.17, 15) is 4.79 Å². The molecule has 2 rings (SSSR count). The van der Waals surface area contributed by atoms with Gasteiger partial charge in [-0.05, 0) is 19.2 Å². The van der Waals surface area contributed by atoms with Gasteiger partial charge in [0.05, 0.1) is 33.5 Å². The first-order valence-corrected chi connectivity index (χ1v) is 7.84. The molecule has 136 valence electrons. The van der Waals surface area contributed by atoms with Crippen LogP contribution in [0, 0.1) is 0 Å². The monoisotopic (exact) mass is 368 g/mol. The molecule has 0 spiro atoms. The van der Waals surface area contributed by atoms with Crippen LogP contribution in [-0.4, -0.2) is 46.4 Å². The zero-order valence-electron chi connectivity index (χ0n) is 14.8. The molecule has 1 aromatic carbocycles. The summed E-state index contributed by atoms with van der Waals surface area (Å²) in [6.07, 6.45) is 0. The summed E-state index contributed by atoms with van der Waals surface area (Å²) in [4.78, 5) is 15.0. The number of rotatable bonds is 7. The largest absolute Gasteiger partial charge is 0.493 e. The summed E-state index contributed by atoms with van der Waals surface area (Å²) in [7, 11) is 7.69. The van der Waals surface area contributed by atoms with E-state index in [0.29, 0.717) is 34.9 Å². The minimum atomic E-state index is -0.548. The molecule has 0 atom stereocenters. The Kier molecular flexibility index (Phi) is 6.17. The van der Waals surface area contributed by atoms with E-state index in [-0.39, 0.29) is 10.7 Å². The van der Waals surface area contributed by atoms with Crippen LogP contribution in [0.2, 0.25) is 5.02 Å². The molecule has 2 N–H and O–H groups in total. The van der Waals surface area contributed by atoms with Crippen LogP contribution >= 0.6 is 11.6 Å². The van der Waals surface area contributed by atoms with E-state index in [2.05, 4.69) is 10.3 Å². The number of hydrogen-bond donors (Lipinski definition) is 2. The summed E-state index contributed by atoms with van der Waals surface area (Å²) in [5.41, 5.74) is 2.20. The van der Waals surface area contributed by atoms with Gasteiger partial charge >= 0.3 is 5.97 Å². The molecule has 8 heteroatoms. The summed E-state index contributed by atoms with van der Waals surface area (Å²) in [5.74, 6) is 0.873. The van der Waals surface area contributed by atoms with Crippen molar-refractivity contribution in [1.29, 1.82) is 0 Å². The molecule has 0 fully saturated rings. The normalized spacial score (nSPS) is 10.5. The molecule has 2 aromatic rings. The van der Waals surface area contributed by atoms with Gasteiger partial charge in [-0.3, -0.25) is 0 Å². The fourth-order valence-corrected chi connectivity index (χ4v) is 3.00. The predicted octanol–water partition coefficient (Wildman–Crippen LogP) is 2.87. The van der Waals surface area contributed by atoms with Gasteiger partial charge in [0.1, 0.15) is 5.69 Å². The van der Waals surface area contributed by atoms with Crippen molar-refractivity contribution in [2.24, 2.45) is 0 Å². The second-order valence-electron chi connectivity index (χ2n) is 5.07. The van der Waals surface area contributed by atoms with E-state index < -0.39 is 5.97 Å². The predicted molar refractivity (Wildman–Crippen MR) is 95.0 cm³/mol. The average molecular weight is 369 g/mol. The Bertz CT molecular complexity index is 773. The zero-order chi connectivity index (χ0) is 18.6. The molecule has 0 aliphatic heterocycles. The summed E-state index contributed by atoms with van der Waals surface area (Å²) in [5, 5.41) is 3.29. The summed E-state index contributed by atoms with van der Waals surface area (Å²) < 4.78 is 21.1. The van der Waals surface area contributed by atoms with Crippen molar-refractivity contribution in [3.63, 3.8) is 0 Å². The maximum absolute atomic E-state index is 12.0. The van der Waals surface area contributed by atoms with Crippen LogP contribution in [0.4, 0.5) is 0 Å². The van der Waals surface area contributed by atoms with E-state index in [0.717, 1.165) is 5.69 Å². The van der Waals surface area contributed by atoms with Gasteiger partial charge in [-0.15, -0.1) is 0 Å². The Morgan fingerprint density at radius 3 is 2.32 bits per heavy atom. The van der Waals surface area contributed by atoms with Gasteiger partial charge in [0.2, 0.25) is 5.75 Å². The quantitative estimate of drug-likeness (QED) is 0.731. The molecule has 1 heterocycles. The summed E-state index contributed by atoms with van der Waals surface area (Å²) in [6.45, 7) is 0.462. The number of esters is 1. The maximum atomic E-state index is 12.0. The molecular weight excluding hydrogens is 348 g/mol. The number of benzene rings is 1. The molecule has 0 aliphatic rings. The lowest BCUT2D eigenvalue weighted by Crippen LogP contribution is -2.08. The number of nitrogens with one attached hydrogen (secondary N) is 2. The zero-order valence-corrected chi connectivity index (χ0v) is 15.5. The maximum Gasteiger partial charge on any atom is 0.356 e. The highest BCUT2D eigenvalue weighted by atomic mass is 35.5. The molecule has 7 nitrogen and oxygen atoms in total. The SMILES string of the molecule is CNCc1[nH]c(C(=O)OC)c(Cl)c1-c1ccc(OC)c(OC)c1OC. The van der Waals surface area contributed by atoms with Gasteiger partial charge in [0.25, 0.3) is 0 Å². The van der Waals surface area contributed by atoms with Crippen molar-refractivity contribution >= 4 is 17.6 Å². The van der Waals surface area contributed by atoms with Crippen LogP contribution in [0.15, 0.2) is 12.1 Å². The van der Waals surface area contributed by atoms with E-state index in [1.807, 2.05) is 0 Å². The van der Waals surface area contributed by atoms with Crippen LogP contribution in [0.1, 0.15) is 16.2 Å². The first-order chi connectivity index (χ1) is 12.0. The third-order valence-corrected chi connectivity index (χ3v) is 4.11. The number of ether oxygens (including phenoxy) is 4. The van der Waals surface area contributed by atoms with Crippen LogP contribution < -0.4 is 19.5 Å². The number of methoxy groups -OCH3 is 4. The van der Waals surface area contributed by atoms with E-state index in [4.69, 9.17) is 30.5 Å².